The van der Waals surface area contributed by atoms with E-state index in [2.05, 4.69) is 10.2 Å². The van der Waals surface area contributed by atoms with Crippen molar-refractivity contribution < 1.29 is 14.5 Å². The van der Waals surface area contributed by atoms with Crippen molar-refractivity contribution in [1.29, 1.82) is 0 Å². The molecule has 0 saturated carbocycles. The van der Waals surface area contributed by atoms with Gasteiger partial charge in [0.1, 0.15) is 0 Å². The molecule has 2 atom stereocenters. The van der Waals surface area contributed by atoms with E-state index in [1.807, 2.05) is 11.9 Å². The molecule has 1 N–H and O–H groups in total. The molecule has 27 heavy (non-hydrogen) atoms. The zero-order chi connectivity index (χ0) is 19.5. The Hall–Kier alpha value is -2.59. The van der Waals surface area contributed by atoms with Gasteiger partial charge in [-0.25, -0.2) is 0 Å². The molecule has 2 saturated heterocycles. The molecule has 4 rings (SSSR count). The van der Waals surface area contributed by atoms with Crippen LogP contribution in [0.4, 0.5) is 11.4 Å². The monoisotopic (exact) mass is 389 g/mol. The Balaban J connectivity index is 1.90. The SMILES string of the molecule is CN1CCN2c3ccc([N+](=O)[O-])cc3C[C@@]3(C(=O)NC(=S)N(C)C3=O)[C@H]2C1. The number of benzene rings is 1. The Kier molecular flexibility index (Phi) is 3.93. The third-order valence-corrected chi connectivity index (χ3v) is 6.20. The quantitative estimate of drug-likeness (QED) is 0.315. The van der Waals surface area contributed by atoms with Gasteiger partial charge in [-0.05, 0) is 30.9 Å². The van der Waals surface area contributed by atoms with Crippen LogP contribution >= 0.6 is 12.2 Å². The largest absolute Gasteiger partial charge is 0.364 e. The van der Waals surface area contributed by atoms with Gasteiger partial charge in [0.25, 0.3) is 5.69 Å². The molecule has 1 spiro atoms. The number of nitro groups is 1. The number of anilines is 1. The number of hydrogen-bond donors (Lipinski definition) is 1. The summed E-state index contributed by atoms with van der Waals surface area (Å²) >= 11 is 5.10. The lowest BCUT2D eigenvalue weighted by Crippen LogP contribution is -2.74. The van der Waals surface area contributed by atoms with E-state index in [4.69, 9.17) is 12.2 Å². The van der Waals surface area contributed by atoms with E-state index in [-0.39, 0.29) is 29.2 Å². The number of thiocarbonyl (C=S) groups is 1. The predicted molar refractivity (Wildman–Crippen MR) is 101 cm³/mol. The maximum absolute atomic E-state index is 13.3. The predicted octanol–water partition coefficient (Wildman–Crippen LogP) is 0.131. The number of nitrogens with one attached hydrogen (secondary N) is 1. The van der Waals surface area contributed by atoms with Crippen molar-refractivity contribution in [3.8, 4) is 0 Å². The normalized spacial score (nSPS) is 28.1. The molecular weight excluding hydrogens is 370 g/mol. The van der Waals surface area contributed by atoms with Crippen LogP contribution in [0.25, 0.3) is 0 Å². The fourth-order valence-electron chi connectivity index (χ4n) is 4.39. The molecule has 1 aromatic rings. The van der Waals surface area contributed by atoms with Crippen molar-refractivity contribution in [2.45, 2.75) is 12.5 Å². The lowest BCUT2D eigenvalue weighted by molar-refractivity contribution is -0.384. The van der Waals surface area contributed by atoms with E-state index in [1.54, 1.807) is 13.1 Å². The van der Waals surface area contributed by atoms with Crippen molar-refractivity contribution in [3.05, 3.63) is 33.9 Å². The first-order valence-corrected chi connectivity index (χ1v) is 9.02. The number of likely N-dealkylation sites (N-methyl/N-ethyl adjacent to an activating group) is 1. The first-order valence-electron chi connectivity index (χ1n) is 8.62. The number of rotatable bonds is 1. The molecule has 0 bridgehead atoms. The van der Waals surface area contributed by atoms with E-state index < -0.39 is 16.2 Å². The smallest absolute Gasteiger partial charge is 0.269 e. The molecule has 9 nitrogen and oxygen atoms in total. The summed E-state index contributed by atoms with van der Waals surface area (Å²) in [5.41, 5.74) is 0.0630. The van der Waals surface area contributed by atoms with Crippen LogP contribution in [0, 0.1) is 15.5 Å². The Labute approximate surface area is 161 Å². The van der Waals surface area contributed by atoms with Crippen molar-refractivity contribution >= 4 is 40.5 Å². The molecule has 1 aromatic carbocycles. The molecule has 3 heterocycles. The van der Waals surface area contributed by atoms with Gasteiger partial charge < -0.3 is 15.1 Å². The van der Waals surface area contributed by atoms with E-state index in [0.717, 1.165) is 12.2 Å². The average molecular weight is 389 g/mol. The average Bonchev–Trinajstić information content (AvgIpc) is 2.64. The Morgan fingerprint density at radius 1 is 1.30 bits per heavy atom. The lowest BCUT2D eigenvalue weighted by Gasteiger charge is -2.55. The molecule has 2 fully saturated rings. The van der Waals surface area contributed by atoms with Gasteiger partial charge >= 0.3 is 0 Å². The summed E-state index contributed by atoms with van der Waals surface area (Å²) in [6, 6.07) is 4.29. The van der Waals surface area contributed by atoms with Crippen molar-refractivity contribution in [1.82, 2.24) is 15.1 Å². The topological polar surface area (TPSA) is 99.0 Å². The minimum absolute atomic E-state index is 0.0518. The Morgan fingerprint density at radius 2 is 2.04 bits per heavy atom. The standard InChI is InChI=1S/C17H19N5O4S/c1-19-5-6-21-12-4-3-11(22(25)26)7-10(12)8-17(13(21)9-19)14(23)18-16(27)20(2)15(17)24/h3-4,7,13H,5-6,8-9H2,1-2H3,(H,18,23,27)/t13-,17+/m1/s1. The molecule has 3 aliphatic heterocycles. The molecule has 10 heteroatoms. The van der Waals surface area contributed by atoms with Crippen LogP contribution in [0.15, 0.2) is 18.2 Å². The number of fused-ring (bicyclic) bond motifs is 4. The number of nitrogens with zero attached hydrogens (tertiary/aromatic N) is 4. The second kappa shape index (κ2) is 5.96. The van der Waals surface area contributed by atoms with Gasteiger partial charge in [0.2, 0.25) is 11.8 Å². The summed E-state index contributed by atoms with van der Waals surface area (Å²) < 4.78 is 0. The van der Waals surface area contributed by atoms with Crippen molar-refractivity contribution in [2.24, 2.45) is 5.41 Å². The first-order chi connectivity index (χ1) is 12.8. The summed E-state index contributed by atoms with van der Waals surface area (Å²) in [6.07, 6.45) is 0.108. The maximum Gasteiger partial charge on any atom is 0.269 e. The highest BCUT2D eigenvalue weighted by Crippen LogP contribution is 2.46. The minimum atomic E-state index is -1.37. The first kappa shape index (κ1) is 17.8. The molecular formula is C17H19N5O4S. The highest BCUT2D eigenvalue weighted by atomic mass is 32.1. The van der Waals surface area contributed by atoms with Gasteiger partial charge in [-0.1, -0.05) is 0 Å². The molecule has 0 aromatic heterocycles. The van der Waals surface area contributed by atoms with E-state index >= 15 is 0 Å². The maximum atomic E-state index is 13.3. The highest BCUT2D eigenvalue weighted by molar-refractivity contribution is 7.80. The number of piperazine rings is 1. The molecule has 2 amide bonds. The third kappa shape index (κ3) is 2.43. The number of amides is 2. The van der Waals surface area contributed by atoms with Crippen molar-refractivity contribution in [3.63, 3.8) is 0 Å². The number of carbonyl (C=O) groups excluding carboxylic acids is 2. The fourth-order valence-corrected chi connectivity index (χ4v) is 4.56. The van der Waals surface area contributed by atoms with Crippen LogP contribution in [-0.2, 0) is 16.0 Å². The highest BCUT2D eigenvalue weighted by Gasteiger charge is 2.61. The Morgan fingerprint density at radius 3 is 2.74 bits per heavy atom. The minimum Gasteiger partial charge on any atom is -0.364 e. The fraction of sp³-hybridized carbons (Fsp3) is 0.471. The molecule has 0 radical (unpaired) electrons. The molecule has 142 valence electrons. The summed E-state index contributed by atoms with van der Waals surface area (Å²) in [6.45, 7) is 1.94. The number of non-ortho nitro benzene ring substituents is 1. The lowest BCUT2D eigenvalue weighted by atomic mass is 9.67. The van der Waals surface area contributed by atoms with Crippen LogP contribution in [-0.4, -0.2) is 71.4 Å². The summed E-state index contributed by atoms with van der Waals surface area (Å²) in [5.74, 6) is -0.795. The van der Waals surface area contributed by atoms with Gasteiger partial charge in [0.15, 0.2) is 10.5 Å². The molecule has 0 unspecified atom stereocenters. The summed E-state index contributed by atoms with van der Waals surface area (Å²) in [7, 11) is 3.50. The van der Waals surface area contributed by atoms with Crippen LogP contribution in [0.2, 0.25) is 0 Å². The summed E-state index contributed by atoms with van der Waals surface area (Å²) in [4.78, 5) is 42.6. The van der Waals surface area contributed by atoms with Crippen LogP contribution in [0.3, 0.4) is 0 Å². The Bertz CT molecular complexity index is 890. The van der Waals surface area contributed by atoms with Crippen LogP contribution in [0.1, 0.15) is 5.56 Å². The van der Waals surface area contributed by atoms with Gasteiger partial charge in [0, 0.05) is 50.9 Å². The van der Waals surface area contributed by atoms with Gasteiger partial charge in [-0.3, -0.25) is 24.6 Å². The number of nitro benzene ring substituents is 1. The van der Waals surface area contributed by atoms with Crippen LogP contribution < -0.4 is 10.2 Å². The van der Waals surface area contributed by atoms with E-state index in [0.29, 0.717) is 18.7 Å². The number of hydrogen-bond acceptors (Lipinski definition) is 7. The van der Waals surface area contributed by atoms with E-state index in [1.165, 1.54) is 17.0 Å². The van der Waals surface area contributed by atoms with Crippen molar-refractivity contribution in [2.75, 3.05) is 38.6 Å². The molecule has 0 aliphatic carbocycles. The second-order valence-corrected chi connectivity index (χ2v) is 7.70. The van der Waals surface area contributed by atoms with Gasteiger partial charge in [-0.2, -0.15) is 0 Å². The van der Waals surface area contributed by atoms with Gasteiger partial charge in [0.05, 0.1) is 11.0 Å². The third-order valence-electron chi connectivity index (χ3n) is 5.82. The zero-order valence-corrected chi connectivity index (χ0v) is 15.8. The molecule has 3 aliphatic rings. The summed E-state index contributed by atoms with van der Waals surface area (Å²) in [5, 5.41) is 14.0. The van der Waals surface area contributed by atoms with Crippen LogP contribution in [0.5, 0.6) is 0 Å². The number of carbonyl (C=O) groups is 2. The van der Waals surface area contributed by atoms with Gasteiger partial charge in [-0.15, -0.1) is 0 Å². The second-order valence-electron chi connectivity index (χ2n) is 7.31. The zero-order valence-electron chi connectivity index (χ0n) is 15.0. The van der Waals surface area contributed by atoms with E-state index in [9.17, 15) is 19.7 Å².